The van der Waals surface area contributed by atoms with Gasteiger partial charge in [0.2, 0.25) is 5.95 Å². The molecule has 0 amide bonds. The first-order chi connectivity index (χ1) is 9.34. The smallest absolute Gasteiger partial charge is 0.224 e. The number of benzene rings is 1. The van der Waals surface area contributed by atoms with E-state index in [9.17, 15) is 0 Å². The van der Waals surface area contributed by atoms with Gasteiger partial charge in [0.25, 0.3) is 0 Å². The van der Waals surface area contributed by atoms with E-state index in [4.69, 9.17) is 0 Å². The number of aryl methyl sites for hydroxylation is 2. The van der Waals surface area contributed by atoms with Gasteiger partial charge in [0.05, 0.1) is 0 Å². The number of nitrogens with one attached hydrogen (secondary N) is 1. The molecule has 0 unspecified atom stereocenters. The molecule has 0 saturated carbocycles. The fourth-order valence-electron chi connectivity index (χ4n) is 2.60. The summed E-state index contributed by atoms with van der Waals surface area (Å²) in [7, 11) is 0. The van der Waals surface area contributed by atoms with Gasteiger partial charge in [0, 0.05) is 19.5 Å². The van der Waals surface area contributed by atoms with Crippen LogP contribution in [0.15, 0.2) is 24.3 Å². The zero-order valence-corrected chi connectivity index (χ0v) is 11.4. The molecule has 4 nitrogen and oxygen atoms in total. The van der Waals surface area contributed by atoms with E-state index in [0.717, 1.165) is 31.3 Å². The SMILES string of the molecule is Cc1ccccc1CNc1nnc2n1CCCCC2. The fraction of sp³-hybridized carbons (Fsp3) is 0.467. The molecule has 0 bridgehead atoms. The summed E-state index contributed by atoms with van der Waals surface area (Å²) < 4.78 is 2.24. The molecule has 2 aromatic rings. The Morgan fingerprint density at radius 3 is 2.95 bits per heavy atom. The molecule has 0 radical (unpaired) electrons. The Bertz CT molecular complexity index is 559. The van der Waals surface area contributed by atoms with Crippen LogP contribution in [-0.4, -0.2) is 14.8 Å². The van der Waals surface area contributed by atoms with Crippen LogP contribution in [0.25, 0.3) is 0 Å². The normalized spacial score (nSPS) is 14.8. The molecule has 3 rings (SSSR count). The lowest BCUT2D eigenvalue weighted by molar-refractivity contribution is 0.635. The Hall–Kier alpha value is -1.84. The molecular formula is C15H20N4. The topological polar surface area (TPSA) is 42.7 Å². The van der Waals surface area contributed by atoms with E-state index in [1.807, 2.05) is 0 Å². The summed E-state index contributed by atoms with van der Waals surface area (Å²) in [6.07, 6.45) is 4.81. The van der Waals surface area contributed by atoms with Gasteiger partial charge in [-0.25, -0.2) is 0 Å². The first-order valence-corrected chi connectivity index (χ1v) is 7.05. The largest absolute Gasteiger partial charge is 0.350 e. The number of rotatable bonds is 3. The van der Waals surface area contributed by atoms with Gasteiger partial charge in [-0.1, -0.05) is 30.7 Å². The third-order valence-electron chi connectivity index (χ3n) is 3.81. The molecule has 0 spiro atoms. The van der Waals surface area contributed by atoms with Crippen molar-refractivity contribution in [1.29, 1.82) is 0 Å². The lowest BCUT2D eigenvalue weighted by Gasteiger charge is -2.10. The minimum Gasteiger partial charge on any atom is -0.350 e. The molecule has 1 aromatic carbocycles. The Morgan fingerprint density at radius 2 is 2.05 bits per heavy atom. The van der Waals surface area contributed by atoms with Gasteiger partial charge in [0.1, 0.15) is 5.82 Å². The lowest BCUT2D eigenvalue weighted by Crippen LogP contribution is -2.09. The minimum absolute atomic E-state index is 0.810. The van der Waals surface area contributed by atoms with Crippen LogP contribution in [0, 0.1) is 6.92 Å². The van der Waals surface area contributed by atoms with E-state index in [2.05, 4.69) is 51.3 Å². The Balaban J connectivity index is 1.74. The van der Waals surface area contributed by atoms with Crippen molar-refractivity contribution in [3.05, 3.63) is 41.2 Å². The Kier molecular flexibility index (Phi) is 3.49. The monoisotopic (exact) mass is 256 g/mol. The van der Waals surface area contributed by atoms with Crippen molar-refractivity contribution in [2.75, 3.05) is 5.32 Å². The maximum atomic E-state index is 4.30. The number of fused-ring (bicyclic) bond motifs is 1. The molecule has 100 valence electrons. The summed E-state index contributed by atoms with van der Waals surface area (Å²) in [5.41, 5.74) is 2.62. The van der Waals surface area contributed by atoms with Crippen molar-refractivity contribution in [2.45, 2.75) is 45.7 Å². The van der Waals surface area contributed by atoms with Crippen LogP contribution in [0.4, 0.5) is 5.95 Å². The fourth-order valence-corrected chi connectivity index (χ4v) is 2.60. The van der Waals surface area contributed by atoms with Crippen LogP contribution in [-0.2, 0) is 19.5 Å². The second kappa shape index (κ2) is 5.43. The molecule has 0 fully saturated rings. The average Bonchev–Trinajstić information content (AvgIpc) is 2.66. The number of nitrogens with zero attached hydrogens (tertiary/aromatic N) is 3. The van der Waals surface area contributed by atoms with Gasteiger partial charge < -0.3 is 5.32 Å². The summed E-state index contributed by atoms with van der Waals surface area (Å²) >= 11 is 0. The summed E-state index contributed by atoms with van der Waals surface area (Å²) in [4.78, 5) is 0. The van der Waals surface area contributed by atoms with Gasteiger partial charge in [0.15, 0.2) is 0 Å². The third-order valence-corrected chi connectivity index (χ3v) is 3.81. The molecule has 1 aromatic heterocycles. The molecule has 1 aliphatic rings. The van der Waals surface area contributed by atoms with Gasteiger partial charge in [-0.3, -0.25) is 4.57 Å². The molecule has 1 N–H and O–H groups in total. The highest BCUT2D eigenvalue weighted by Gasteiger charge is 2.14. The van der Waals surface area contributed by atoms with Gasteiger partial charge in [-0.05, 0) is 30.9 Å². The molecule has 4 heteroatoms. The van der Waals surface area contributed by atoms with Crippen molar-refractivity contribution in [3.63, 3.8) is 0 Å². The minimum atomic E-state index is 0.810. The van der Waals surface area contributed by atoms with E-state index >= 15 is 0 Å². The maximum Gasteiger partial charge on any atom is 0.224 e. The van der Waals surface area contributed by atoms with Crippen molar-refractivity contribution in [3.8, 4) is 0 Å². The van der Waals surface area contributed by atoms with Crippen molar-refractivity contribution < 1.29 is 0 Å². The second-order valence-electron chi connectivity index (χ2n) is 5.18. The van der Waals surface area contributed by atoms with Gasteiger partial charge in [-0.15, -0.1) is 10.2 Å². The van der Waals surface area contributed by atoms with Crippen molar-refractivity contribution in [1.82, 2.24) is 14.8 Å². The maximum absolute atomic E-state index is 4.30. The molecule has 0 saturated heterocycles. The number of hydrogen-bond acceptors (Lipinski definition) is 3. The number of aromatic nitrogens is 3. The Labute approximate surface area is 113 Å². The van der Waals surface area contributed by atoms with E-state index in [0.29, 0.717) is 0 Å². The molecular weight excluding hydrogens is 236 g/mol. The molecule has 1 aliphatic heterocycles. The highest BCUT2D eigenvalue weighted by Crippen LogP contribution is 2.18. The highest BCUT2D eigenvalue weighted by atomic mass is 15.3. The van der Waals surface area contributed by atoms with E-state index in [1.165, 1.54) is 30.4 Å². The summed E-state index contributed by atoms with van der Waals surface area (Å²) in [6.45, 7) is 3.99. The summed E-state index contributed by atoms with van der Waals surface area (Å²) in [6, 6.07) is 8.44. The number of anilines is 1. The predicted molar refractivity (Wildman–Crippen MR) is 76.1 cm³/mol. The van der Waals surface area contributed by atoms with Crippen LogP contribution < -0.4 is 5.32 Å². The summed E-state index contributed by atoms with van der Waals surface area (Å²) in [5, 5.41) is 12.0. The van der Waals surface area contributed by atoms with Gasteiger partial charge >= 0.3 is 0 Å². The van der Waals surface area contributed by atoms with Crippen LogP contribution >= 0.6 is 0 Å². The Morgan fingerprint density at radius 1 is 1.16 bits per heavy atom. The van der Waals surface area contributed by atoms with Crippen LogP contribution in [0.2, 0.25) is 0 Å². The van der Waals surface area contributed by atoms with E-state index in [1.54, 1.807) is 0 Å². The third kappa shape index (κ3) is 2.62. The highest BCUT2D eigenvalue weighted by molar-refractivity contribution is 5.32. The first kappa shape index (κ1) is 12.2. The van der Waals surface area contributed by atoms with Crippen molar-refractivity contribution in [2.24, 2.45) is 0 Å². The first-order valence-electron chi connectivity index (χ1n) is 7.05. The molecule has 0 atom stereocenters. The number of hydrogen-bond donors (Lipinski definition) is 1. The van der Waals surface area contributed by atoms with Crippen LogP contribution in [0.5, 0.6) is 0 Å². The molecule has 2 heterocycles. The summed E-state index contributed by atoms with van der Waals surface area (Å²) in [5.74, 6) is 2.05. The quantitative estimate of drug-likeness (QED) is 0.918. The molecule has 0 aliphatic carbocycles. The zero-order valence-electron chi connectivity index (χ0n) is 11.4. The standard InChI is InChI=1S/C15H20N4/c1-12-7-4-5-8-13(12)11-16-15-18-17-14-9-3-2-6-10-19(14)15/h4-5,7-8H,2-3,6,9-11H2,1H3,(H,16,18). The average molecular weight is 256 g/mol. The van der Waals surface area contributed by atoms with Crippen LogP contribution in [0.3, 0.4) is 0 Å². The lowest BCUT2D eigenvalue weighted by atomic mass is 10.1. The van der Waals surface area contributed by atoms with Crippen LogP contribution in [0.1, 0.15) is 36.2 Å². The van der Waals surface area contributed by atoms with Crippen molar-refractivity contribution >= 4 is 5.95 Å². The van der Waals surface area contributed by atoms with E-state index < -0.39 is 0 Å². The predicted octanol–water partition coefficient (Wildman–Crippen LogP) is 2.93. The van der Waals surface area contributed by atoms with E-state index in [-0.39, 0.29) is 0 Å². The second-order valence-corrected chi connectivity index (χ2v) is 5.18. The zero-order chi connectivity index (χ0) is 13.1. The molecule has 19 heavy (non-hydrogen) atoms. The van der Waals surface area contributed by atoms with Gasteiger partial charge in [-0.2, -0.15) is 0 Å².